The molecule has 2 aromatic carbocycles. The second-order valence-corrected chi connectivity index (χ2v) is 6.78. The molecule has 0 fully saturated rings. The number of phenols is 2. The van der Waals surface area contributed by atoms with Crippen molar-refractivity contribution in [2.24, 2.45) is 0 Å². The molecular formula is C19H21NO2S. The van der Waals surface area contributed by atoms with Gasteiger partial charge in [0.15, 0.2) is 0 Å². The van der Waals surface area contributed by atoms with Crippen molar-refractivity contribution in [2.45, 2.75) is 39.0 Å². The molecule has 1 aliphatic rings. The minimum absolute atomic E-state index is 0.00874. The Morgan fingerprint density at radius 2 is 1.78 bits per heavy atom. The zero-order chi connectivity index (χ0) is 16.6. The van der Waals surface area contributed by atoms with Gasteiger partial charge in [0.1, 0.15) is 16.5 Å². The number of thiocarbonyl (C=S) groups is 1. The summed E-state index contributed by atoms with van der Waals surface area (Å²) in [7, 11) is 0. The van der Waals surface area contributed by atoms with Gasteiger partial charge < -0.3 is 15.5 Å². The van der Waals surface area contributed by atoms with Crippen molar-refractivity contribution >= 4 is 22.9 Å². The molecule has 0 atom stereocenters. The molecule has 0 unspecified atom stereocenters. The number of aryl methyl sites for hydroxylation is 2. The fourth-order valence-electron chi connectivity index (χ4n) is 3.09. The molecule has 0 saturated heterocycles. The number of aromatic hydroxyl groups is 2. The van der Waals surface area contributed by atoms with Crippen LogP contribution in [0.15, 0.2) is 30.3 Å². The van der Waals surface area contributed by atoms with Crippen LogP contribution in [0.1, 0.15) is 48.4 Å². The summed E-state index contributed by atoms with van der Waals surface area (Å²) in [4.78, 5) is 0.461. The van der Waals surface area contributed by atoms with Crippen LogP contribution in [-0.2, 0) is 12.8 Å². The Kier molecular flexibility index (Phi) is 4.26. The maximum atomic E-state index is 10.1. The van der Waals surface area contributed by atoms with Crippen molar-refractivity contribution < 1.29 is 10.2 Å². The van der Waals surface area contributed by atoms with Crippen LogP contribution in [0.5, 0.6) is 11.5 Å². The van der Waals surface area contributed by atoms with Gasteiger partial charge in [-0.3, -0.25) is 0 Å². The highest BCUT2D eigenvalue weighted by Crippen LogP contribution is 2.33. The summed E-state index contributed by atoms with van der Waals surface area (Å²) in [5.74, 6) is 0.240. The van der Waals surface area contributed by atoms with Gasteiger partial charge in [-0.05, 0) is 60.1 Å². The average Bonchev–Trinajstić information content (AvgIpc) is 2.94. The SMILES string of the molecule is CC(C)c1cc(C(=S)Nc2ccc3c(c2)CCC3)c(O)cc1O. The third-order valence-electron chi connectivity index (χ3n) is 4.37. The van der Waals surface area contributed by atoms with Crippen LogP contribution in [0.2, 0.25) is 0 Å². The second-order valence-electron chi connectivity index (χ2n) is 6.37. The van der Waals surface area contributed by atoms with Gasteiger partial charge in [-0.15, -0.1) is 0 Å². The van der Waals surface area contributed by atoms with E-state index in [1.54, 1.807) is 6.07 Å². The summed E-state index contributed by atoms with van der Waals surface area (Å²) in [5.41, 5.74) is 5.04. The van der Waals surface area contributed by atoms with Crippen LogP contribution < -0.4 is 5.32 Å². The molecule has 0 aromatic heterocycles. The van der Waals surface area contributed by atoms with Gasteiger partial charge in [0, 0.05) is 11.8 Å². The lowest BCUT2D eigenvalue weighted by Crippen LogP contribution is -2.11. The molecule has 3 nitrogen and oxygen atoms in total. The topological polar surface area (TPSA) is 52.5 Å². The quantitative estimate of drug-likeness (QED) is 0.727. The standard InChI is InChI=1S/C19H21NO2S/c1-11(2)15-9-16(18(22)10-17(15)21)19(23)20-14-7-6-12-4-3-5-13(12)8-14/h6-11,21-22H,3-5H2,1-2H3,(H,20,23). The van der Waals surface area contributed by atoms with Crippen LogP contribution >= 0.6 is 12.2 Å². The summed E-state index contributed by atoms with van der Waals surface area (Å²) < 4.78 is 0. The van der Waals surface area contributed by atoms with E-state index >= 15 is 0 Å². The van der Waals surface area contributed by atoms with Gasteiger partial charge in [-0.1, -0.05) is 32.1 Å². The lowest BCUT2D eigenvalue weighted by atomic mass is 9.98. The van der Waals surface area contributed by atoms with Crippen molar-refractivity contribution in [3.63, 3.8) is 0 Å². The molecule has 3 N–H and O–H groups in total. The molecule has 3 rings (SSSR count). The van der Waals surface area contributed by atoms with Gasteiger partial charge in [-0.25, -0.2) is 0 Å². The smallest absolute Gasteiger partial charge is 0.129 e. The summed E-state index contributed by atoms with van der Waals surface area (Å²) in [6.45, 7) is 3.99. The Balaban J connectivity index is 1.87. The summed E-state index contributed by atoms with van der Waals surface area (Å²) in [6.07, 6.45) is 3.47. The van der Waals surface area contributed by atoms with E-state index in [9.17, 15) is 10.2 Å². The Bertz CT molecular complexity index is 768. The Morgan fingerprint density at radius 1 is 1.04 bits per heavy atom. The maximum Gasteiger partial charge on any atom is 0.129 e. The average molecular weight is 327 g/mol. The van der Waals surface area contributed by atoms with Crippen molar-refractivity contribution in [3.05, 3.63) is 52.6 Å². The lowest BCUT2D eigenvalue weighted by Gasteiger charge is -2.15. The van der Waals surface area contributed by atoms with E-state index in [1.165, 1.54) is 23.6 Å². The molecule has 23 heavy (non-hydrogen) atoms. The normalized spacial score (nSPS) is 13.2. The first kappa shape index (κ1) is 15.8. The minimum Gasteiger partial charge on any atom is -0.508 e. The molecule has 2 aromatic rings. The first-order valence-corrected chi connectivity index (χ1v) is 8.35. The minimum atomic E-state index is -0.00874. The predicted octanol–water partition coefficient (Wildman–Crippen LogP) is 4.50. The van der Waals surface area contributed by atoms with E-state index in [0.717, 1.165) is 24.1 Å². The number of hydrogen-bond acceptors (Lipinski definition) is 3. The first-order chi connectivity index (χ1) is 11.0. The maximum absolute atomic E-state index is 10.1. The molecule has 0 bridgehead atoms. The van der Waals surface area contributed by atoms with Crippen LogP contribution in [0.3, 0.4) is 0 Å². The summed E-state index contributed by atoms with van der Waals surface area (Å²) in [5, 5.41) is 23.3. The van der Waals surface area contributed by atoms with Crippen molar-refractivity contribution in [1.29, 1.82) is 0 Å². The fraction of sp³-hybridized carbons (Fsp3) is 0.316. The van der Waals surface area contributed by atoms with Crippen LogP contribution in [0.4, 0.5) is 5.69 Å². The van der Waals surface area contributed by atoms with Crippen molar-refractivity contribution in [1.82, 2.24) is 0 Å². The van der Waals surface area contributed by atoms with Crippen molar-refractivity contribution in [3.8, 4) is 11.5 Å². The van der Waals surface area contributed by atoms with Gasteiger partial charge in [-0.2, -0.15) is 0 Å². The number of phenolic OH excluding ortho intramolecular Hbond substituents is 2. The molecular weight excluding hydrogens is 306 g/mol. The number of fused-ring (bicyclic) bond motifs is 1. The van der Waals surface area contributed by atoms with Gasteiger partial charge in [0.2, 0.25) is 0 Å². The first-order valence-electron chi connectivity index (χ1n) is 7.94. The Morgan fingerprint density at radius 3 is 2.52 bits per heavy atom. The highest BCUT2D eigenvalue weighted by Gasteiger charge is 2.16. The Labute approximate surface area is 142 Å². The second kappa shape index (κ2) is 6.20. The molecule has 0 spiro atoms. The number of anilines is 1. The third kappa shape index (κ3) is 3.17. The third-order valence-corrected chi connectivity index (χ3v) is 4.69. The molecule has 0 saturated carbocycles. The summed E-state index contributed by atoms with van der Waals surface area (Å²) in [6, 6.07) is 9.43. The van der Waals surface area contributed by atoms with E-state index in [1.807, 2.05) is 19.9 Å². The molecule has 1 aliphatic carbocycles. The molecule has 0 amide bonds. The monoisotopic (exact) mass is 327 g/mol. The van der Waals surface area contributed by atoms with E-state index in [-0.39, 0.29) is 17.4 Å². The highest BCUT2D eigenvalue weighted by atomic mass is 32.1. The van der Waals surface area contributed by atoms with E-state index in [4.69, 9.17) is 12.2 Å². The van der Waals surface area contributed by atoms with Gasteiger partial charge in [0.25, 0.3) is 0 Å². The van der Waals surface area contributed by atoms with E-state index in [0.29, 0.717) is 10.6 Å². The Hall–Kier alpha value is -2.07. The molecule has 0 aliphatic heterocycles. The molecule has 0 radical (unpaired) electrons. The lowest BCUT2D eigenvalue weighted by molar-refractivity contribution is 0.443. The number of benzene rings is 2. The molecule has 0 heterocycles. The highest BCUT2D eigenvalue weighted by molar-refractivity contribution is 7.81. The van der Waals surface area contributed by atoms with E-state index < -0.39 is 0 Å². The number of hydrogen-bond donors (Lipinski definition) is 3. The largest absolute Gasteiger partial charge is 0.508 e. The number of nitrogens with one attached hydrogen (secondary N) is 1. The molecule has 120 valence electrons. The van der Waals surface area contributed by atoms with Crippen molar-refractivity contribution in [2.75, 3.05) is 5.32 Å². The van der Waals surface area contributed by atoms with E-state index in [2.05, 4.69) is 17.4 Å². The number of rotatable bonds is 3. The fourth-order valence-corrected chi connectivity index (χ4v) is 3.37. The van der Waals surface area contributed by atoms with Crippen LogP contribution in [0.25, 0.3) is 0 Å². The van der Waals surface area contributed by atoms with Crippen LogP contribution in [0, 0.1) is 0 Å². The zero-order valence-corrected chi connectivity index (χ0v) is 14.2. The molecule has 4 heteroatoms. The van der Waals surface area contributed by atoms with Gasteiger partial charge in [0.05, 0.1) is 5.56 Å². The zero-order valence-electron chi connectivity index (χ0n) is 13.4. The summed E-state index contributed by atoms with van der Waals surface area (Å²) >= 11 is 5.45. The van der Waals surface area contributed by atoms with Crippen LogP contribution in [-0.4, -0.2) is 15.2 Å². The predicted molar refractivity (Wildman–Crippen MR) is 97.7 cm³/mol. The van der Waals surface area contributed by atoms with Gasteiger partial charge >= 0.3 is 0 Å².